The molecule has 3 rings (SSSR count). The fraction of sp³-hybridized carbons (Fsp3) is 0.267. The highest BCUT2D eigenvalue weighted by molar-refractivity contribution is 9.11. The van der Waals surface area contributed by atoms with Crippen molar-refractivity contribution < 1.29 is 0 Å². The van der Waals surface area contributed by atoms with Crippen LogP contribution in [0.1, 0.15) is 23.0 Å². The molecular weight excluding hydrogens is 391 g/mol. The van der Waals surface area contributed by atoms with Gasteiger partial charge in [-0.3, -0.25) is 0 Å². The zero-order valence-electron chi connectivity index (χ0n) is 11.3. The Balaban J connectivity index is 1.99. The molecule has 0 aliphatic heterocycles. The number of para-hydroxylation sites is 1. The Hall–Kier alpha value is -0.550. The number of benzene rings is 1. The average molecular weight is 404 g/mol. The van der Waals surface area contributed by atoms with Crippen molar-refractivity contribution in [2.45, 2.75) is 25.3 Å². The third kappa shape index (κ3) is 3.14. The number of rotatable bonds is 4. The van der Waals surface area contributed by atoms with E-state index in [2.05, 4.69) is 37.6 Å². The van der Waals surface area contributed by atoms with Crippen LogP contribution in [0.2, 0.25) is 5.02 Å². The van der Waals surface area contributed by atoms with Crippen molar-refractivity contribution in [3.05, 3.63) is 49.8 Å². The summed E-state index contributed by atoms with van der Waals surface area (Å²) in [7, 11) is 0. The molecule has 21 heavy (non-hydrogen) atoms. The zero-order chi connectivity index (χ0) is 15.0. The smallest absolute Gasteiger partial charge is 0.127 e. The van der Waals surface area contributed by atoms with Crippen LogP contribution < -0.4 is 0 Å². The normalized spacial score (nSPS) is 13.0. The fourth-order valence-corrected chi connectivity index (χ4v) is 4.23. The van der Waals surface area contributed by atoms with E-state index in [1.807, 2.05) is 25.1 Å². The number of alkyl halides is 1. The Bertz CT molecular complexity index is 779. The summed E-state index contributed by atoms with van der Waals surface area (Å²) in [6, 6.07) is 10.1. The van der Waals surface area contributed by atoms with Crippen molar-refractivity contribution in [2.75, 3.05) is 0 Å². The molecule has 0 fully saturated rings. The molecule has 1 atom stereocenters. The monoisotopic (exact) mass is 402 g/mol. The lowest BCUT2D eigenvalue weighted by atomic mass is 10.3. The van der Waals surface area contributed by atoms with E-state index in [4.69, 9.17) is 23.2 Å². The Kier molecular flexibility index (Phi) is 4.60. The van der Waals surface area contributed by atoms with Gasteiger partial charge in [-0.05, 0) is 53.5 Å². The molecule has 3 aromatic rings. The minimum Gasteiger partial charge on any atom is -0.326 e. The second-order valence-corrected chi connectivity index (χ2v) is 8.41. The molecule has 2 heterocycles. The number of nitrogens with zero attached hydrogens (tertiary/aromatic N) is 2. The molecule has 0 aliphatic carbocycles. The van der Waals surface area contributed by atoms with Gasteiger partial charge in [0, 0.05) is 11.4 Å². The van der Waals surface area contributed by atoms with Crippen LogP contribution in [0.4, 0.5) is 0 Å². The molecule has 0 saturated heterocycles. The molecule has 0 saturated carbocycles. The minimum atomic E-state index is -0.150. The molecular formula is C15H13BrCl2N2S. The highest BCUT2D eigenvalue weighted by atomic mass is 79.9. The van der Waals surface area contributed by atoms with Crippen LogP contribution in [0.3, 0.4) is 0 Å². The highest BCUT2D eigenvalue weighted by Gasteiger charge is 2.16. The number of imidazole rings is 1. The maximum Gasteiger partial charge on any atom is 0.127 e. The number of hydrogen-bond acceptors (Lipinski definition) is 2. The van der Waals surface area contributed by atoms with Crippen LogP contribution in [0.25, 0.3) is 11.0 Å². The summed E-state index contributed by atoms with van der Waals surface area (Å²) in [6.07, 6.45) is 0.949. The van der Waals surface area contributed by atoms with Crippen LogP contribution in [0.15, 0.2) is 34.1 Å². The van der Waals surface area contributed by atoms with Crippen molar-refractivity contribution in [1.82, 2.24) is 9.55 Å². The highest BCUT2D eigenvalue weighted by Crippen LogP contribution is 2.30. The summed E-state index contributed by atoms with van der Waals surface area (Å²) in [4.78, 5) is 5.95. The van der Waals surface area contributed by atoms with E-state index in [9.17, 15) is 0 Å². The van der Waals surface area contributed by atoms with Gasteiger partial charge < -0.3 is 4.57 Å². The van der Waals surface area contributed by atoms with E-state index >= 15 is 0 Å². The first-order valence-electron chi connectivity index (χ1n) is 6.59. The SMILES string of the molecule is CC(Cl)c1nc2c(Cl)cccc2n1CCc1ccc(Br)s1. The third-order valence-electron chi connectivity index (χ3n) is 3.33. The molecule has 1 aromatic carbocycles. The van der Waals surface area contributed by atoms with Gasteiger partial charge in [-0.1, -0.05) is 17.7 Å². The lowest BCUT2D eigenvalue weighted by molar-refractivity contribution is 0.672. The van der Waals surface area contributed by atoms with Gasteiger partial charge >= 0.3 is 0 Å². The van der Waals surface area contributed by atoms with Gasteiger partial charge in [-0.25, -0.2) is 4.98 Å². The number of halogens is 3. The first-order valence-corrected chi connectivity index (χ1v) is 9.01. The fourth-order valence-electron chi connectivity index (χ4n) is 2.38. The van der Waals surface area contributed by atoms with Crippen molar-refractivity contribution in [1.29, 1.82) is 0 Å². The lowest BCUT2D eigenvalue weighted by Gasteiger charge is -2.09. The van der Waals surface area contributed by atoms with Crippen molar-refractivity contribution in [3.8, 4) is 0 Å². The van der Waals surface area contributed by atoms with Crippen LogP contribution >= 0.6 is 50.5 Å². The second kappa shape index (κ2) is 6.29. The topological polar surface area (TPSA) is 17.8 Å². The molecule has 1 unspecified atom stereocenters. The molecule has 6 heteroatoms. The van der Waals surface area contributed by atoms with Crippen LogP contribution in [-0.2, 0) is 13.0 Å². The summed E-state index contributed by atoms with van der Waals surface area (Å²) in [5.41, 5.74) is 1.87. The quantitative estimate of drug-likeness (QED) is 0.484. The molecule has 110 valence electrons. The summed E-state index contributed by atoms with van der Waals surface area (Å²) >= 11 is 17.8. The maximum absolute atomic E-state index is 6.29. The summed E-state index contributed by atoms with van der Waals surface area (Å²) in [5.74, 6) is 0.871. The molecule has 0 aliphatic rings. The first-order chi connectivity index (χ1) is 10.1. The van der Waals surface area contributed by atoms with Crippen molar-refractivity contribution in [2.24, 2.45) is 0 Å². The number of thiophene rings is 1. The molecule has 0 bridgehead atoms. The Morgan fingerprint density at radius 1 is 1.33 bits per heavy atom. The van der Waals surface area contributed by atoms with E-state index in [0.717, 1.165) is 33.6 Å². The summed E-state index contributed by atoms with van der Waals surface area (Å²) in [5, 5.41) is 0.521. The molecule has 2 aromatic heterocycles. The third-order valence-corrected chi connectivity index (χ3v) is 5.51. The number of hydrogen-bond donors (Lipinski definition) is 0. The molecule has 0 spiro atoms. The predicted molar refractivity (Wildman–Crippen MR) is 94.7 cm³/mol. The van der Waals surface area contributed by atoms with Gasteiger partial charge in [0.2, 0.25) is 0 Å². The van der Waals surface area contributed by atoms with Crippen LogP contribution in [0, 0.1) is 0 Å². The van der Waals surface area contributed by atoms with E-state index in [0.29, 0.717) is 5.02 Å². The van der Waals surface area contributed by atoms with Crippen LogP contribution in [0.5, 0.6) is 0 Å². The molecule has 0 radical (unpaired) electrons. The first kappa shape index (κ1) is 15.3. The second-order valence-electron chi connectivity index (χ2n) is 4.80. The summed E-state index contributed by atoms with van der Waals surface area (Å²) in [6.45, 7) is 2.78. The number of fused-ring (bicyclic) bond motifs is 1. The maximum atomic E-state index is 6.29. The van der Waals surface area contributed by atoms with Gasteiger partial charge in [0.25, 0.3) is 0 Å². The van der Waals surface area contributed by atoms with Gasteiger partial charge in [-0.2, -0.15) is 0 Å². The van der Waals surface area contributed by atoms with E-state index in [1.54, 1.807) is 11.3 Å². The lowest BCUT2D eigenvalue weighted by Crippen LogP contribution is -2.06. The Labute approximate surface area is 145 Å². The van der Waals surface area contributed by atoms with Crippen molar-refractivity contribution in [3.63, 3.8) is 0 Å². The summed E-state index contributed by atoms with van der Waals surface area (Å²) < 4.78 is 3.33. The van der Waals surface area contributed by atoms with Gasteiger partial charge in [0.1, 0.15) is 11.3 Å². The molecule has 0 amide bonds. The van der Waals surface area contributed by atoms with Crippen LogP contribution in [-0.4, -0.2) is 9.55 Å². The Morgan fingerprint density at radius 3 is 2.81 bits per heavy atom. The number of aromatic nitrogens is 2. The van der Waals surface area contributed by atoms with Gasteiger partial charge in [-0.15, -0.1) is 22.9 Å². The molecule has 0 N–H and O–H groups in total. The zero-order valence-corrected chi connectivity index (χ0v) is 15.2. The largest absolute Gasteiger partial charge is 0.326 e. The number of aryl methyl sites for hydroxylation is 2. The minimum absolute atomic E-state index is 0.150. The van der Waals surface area contributed by atoms with E-state index in [1.165, 1.54) is 4.88 Å². The molecule has 2 nitrogen and oxygen atoms in total. The van der Waals surface area contributed by atoms with E-state index < -0.39 is 0 Å². The average Bonchev–Trinajstić information content (AvgIpc) is 3.01. The van der Waals surface area contributed by atoms with Gasteiger partial charge in [0.05, 0.1) is 19.7 Å². The van der Waals surface area contributed by atoms with Crippen molar-refractivity contribution >= 4 is 61.5 Å². The standard InChI is InChI=1S/C15H13BrCl2N2S/c1-9(17)15-19-14-11(18)3-2-4-12(14)20(15)8-7-10-5-6-13(16)21-10/h2-6,9H,7-8H2,1H3. The predicted octanol–water partition coefficient (Wildman–Crippen LogP) is 6.06. The van der Waals surface area contributed by atoms with E-state index in [-0.39, 0.29) is 5.38 Å². The Morgan fingerprint density at radius 2 is 2.14 bits per heavy atom. The van der Waals surface area contributed by atoms with Gasteiger partial charge in [0.15, 0.2) is 0 Å².